The van der Waals surface area contributed by atoms with E-state index in [1.54, 1.807) is 30.3 Å². The fraction of sp³-hybridized carbons (Fsp3) is 0. The van der Waals surface area contributed by atoms with Gasteiger partial charge >= 0.3 is 0 Å². The normalized spacial score (nSPS) is 12.1. The fourth-order valence-corrected chi connectivity index (χ4v) is 2.93. The average molecular weight is 354 g/mol. The molecule has 0 aromatic heterocycles. The molecule has 0 spiro atoms. The van der Waals surface area contributed by atoms with Crippen LogP contribution in [0.15, 0.2) is 66.7 Å². The van der Waals surface area contributed by atoms with E-state index in [0.29, 0.717) is 33.8 Å². The highest BCUT2D eigenvalue weighted by molar-refractivity contribution is 6.22. The smallest absolute Gasteiger partial charge is 0.259 e. The summed E-state index contributed by atoms with van der Waals surface area (Å²) in [6.07, 6.45) is 0. The molecule has 3 N–H and O–H groups in total. The second-order valence-electron chi connectivity index (χ2n) is 6.00. The number of hydrogen-bond donors (Lipinski definition) is 3. The summed E-state index contributed by atoms with van der Waals surface area (Å²) >= 11 is 0. The van der Waals surface area contributed by atoms with E-state index in [0.717, 1.165) is 5.69 Å². The monoisotopic (exact) mass is 354 g/mol. The molecule has 27 heavy (non-hydrogen) atoms. The van der Waals surface area contributed by atoms with Crippen LogP contribution in [0, 0.1) is 11.3 Å². The highest BCUT2D eigenvalue weighted by atomic mass is 16.2. The minimum Gasteiger partial charge on any atom is -0.354 e. The van der Waals surface area contributed by atoms with E-state index in [1.807, 2.05) is 36.4 Å². The van der Waals surface area contributed by atoms with Crippen LogP contribution in [-0.4, -0.2) is 11.8 Å². The number of carbonyl (C=O) groups is 2. The predicted octanol–water partition coefficient (Wildman–Crippen LogP) is 3.93. The van der Waals surface area contributed by atoms with Crippen LogP contribution in [0.5, 0.6) is 0 Å². The van der Waals surface area contributed by atoms with Crippen molar-refractivity contribution >= 4 is 34.6 Å². The summed E-state index contributed by atoms with van der Waals surface area (Å²) < 4.78 is 0. The number of nitriles is 1. The maximum Gasteiger partial charge on any atom is 0.259 e. The van der Waals surface area contributed by atoms with Gasteiger partial charge in [0.25, 0.3) is 11.8 Å². The van der Waals surface area contributed by atoms with Crippen LogP contribution in [-0.2, 0) is 0 Å². The van der Waals surface area contributed by atoms with Crippen LogP contribution in [0.25, 0.3) is 0 Å². The molecular formula is C21H14N4O2. The van der Waals surface area contributed by atoms with E-state index < -0.39 is 11.8 Å². The van der Waals surface area contributed by atoms with Crippen molar-refractivity contribution in [3.8, 4) is 6.07 Å². The third-order valence-electron chi connectivity index (χ3n) is 4.24. The van der Waals surface area contributed by atoms with Crippen LogP contribution in [0.2, 0.25) is 0 Å². The second kappa shape index (κ2) is 6.65. The molecule has 4 rings (SSSR count). The summed E-state index contributed by atoms with van der Waals surface area (Å²) in [5.74, 6) is -0.854. The highest BCUT2D eigenvalue weighted by Gasteiger charge is 2.28. The lowest BCUT2D eigenvalue weighted by Crippen LogP contribution is -2.19. The summed E-state index contributed by atoms with van der Waals surface area (Å²) in [5.41, 5.74) is 3.75. The van der Waals surface area contributed by atoms with Crippen molar-refractivity contribution in [1.82, 2.24) is 5.32 Å². The zero-order chi connectivity index (χ0) is 18.8. The molecule has 2 amide bonds. The third kappa shape index (κ3) is 3.10. The minimum absolute atomic E-state index is 0.301. The van der Waals surface area contributed by atoms with Gasteiger partial charge in [0.1, 0.15) is 6.07 Å². The van der Waals surface area contributed by atoms with Gasteiger partial charge in [-0.3, -0.25) is 14.9 Å². The van der Waals surface area contributed by atoms with Gasteiger partial charge in [-0.2, -0.15) is 5.26 Å². The molecule has 1 heterocycles. The number of fused-ring (bicyclic) bond motifs is 1. The molecule has 6 nitrogen and oxygen atoms in total. The van der Waals surface area contributed by atoms with E-state index in [4.69, 9.17) is 0 Å². The molecule has 1 aliphatic rings. The number of amides is 2. The predicted molar refractivity (Wildman–Crippen MR) is 102 cm³/mol. The zero-order valence-electron chi connectivity index (χ0n) is 14.1. The number of para-hydroxylation sites is 2. The van der Waals surface area contributed by atoms with Crippen LogP contribution < -0.4 is 16.0 Å². The SMILES string of the molecule is N#Cc1ccccc1Nc1cc2c(cc1Nc1ccccc1)C(=O)NC2=O. The van der Waals surface area contributed by atoms with Crippen molar-refractivity contribution in [3.63, 3.8) is 0 Å². The Morgan fingerprint density at radius 3 is 2.00 bits per heavy atom. The first kappa shape index (κ1) is 16.4. The largest absolute Gasteiger partial charge is 0.354 e. The zero-order valence-corrected chi connectivity index (χ0v) is 14.1. The van der Waals surface area contributed by atoms with Crippen LogP contribution in [0.1, 0.15) is 26.3 Å². The topological polar surface area (TPSA) is 94.0 Å². The molecular weight excluding hydrogens is 340 g/mol. The Bertz CT molecular complexity index is 1100. The summed E-state index contributed by atoms with van der Waals surface area (Å²) in [6.45, 7) is 0. The summed E-state index contributed by atoms with van der Waals surface area (Å²) in [7, 11) is 0. The van der Waals surface area contributed by atoms with Gasteiger partial charge in [-0.15, -0.1) is 0 Å². The Hall–Kier alpha value is -4.11. The lowest BCUT2D eigenvalue weighted by atomic mass is 10.1. The summed E-state index contributed by atoms with van der Waals surface area (Å²) in [5, 5.41) is 18.1. The molecule has 0 fully saturated rings. The molecule has 6 heteroatoms. The van der Waals surface area contributed by atoms with Gasteiger partial charge in [0.2, 0.25) is 0 Å². The first-order valence-corrected chi connectivity index (χ1v) is 8.27. The number of carbonyl (C=O) groups excluding carboxylic acids is 2. The molecule has 3 aromatic carbocycles. The molecule has 0 saturated carbocycles. The number of anilines is 4. The molecule has 0 aliphatic carbocycles. The van der Waals surface area contributed by atoms with Crippen molar-refractivity contribution in [3.05, 3.63) is 83.4 Å². The van der Waals surface area contributed by atoms with Crippen LogP contribution >= 0.6 is 0 Å². The molecule has 0 atom stereocenters. The van der Waals surface area contributed by atoms with E-state index in [9.17, 15) is 14.9 Å². The Labute approximate surface area is 155 Å². The Morgan fingerprint density at radius 2 is 1.33 bits per heavy atom. The fourth-order valence-electron chi connectivity index (χ4n) is 2.93. The Kier molecular flexibility index (Phi) is 4.03. The van der Waals surface area contributed by atoms with Gasteiger partial charge in [0.15, 0.2) is 0 Å². The van der Waals surface area contributed by atoms with Gasteiger partial charge in [-0.05, 0) is 36.4 Å². The summed E-state index contributed by atoms with van der Waals surface area (Å²) in [6, 6.07) is 22.0. The Balaban J connectivity index is 1.81. The van der Waals surface area contributed by atoms with Crippen molar-refractivity contribution in [1.29, 1.82) is 5.26 Å². The standard InChI is InChI=1S/C21H14N4O2/c22-12-13-6-4-5-9-17(13)24-19-11-16-15(20(26)25-21(16)27)10-18(19)23-14-7-2-1-3-8-14/h1-11,23-24H,(H,25,26,27). The van der Waals surface area contributed by atoms with Gasteiger partial charge in [0, 0.05) is 5.69 Å². The second-order valence-corrected chi connectivity index (χ2v) is 6.00. The van der Waals surface area contributed by atoms with E-state index in [1.165, 1.54) is 0 Å². The van der Waals surface area contributed by atoms with Crippen molar-refractivity contribution in [2.45, 2.75) is 0 Å². The van der Waals surface area contributed by atoms with Crippen molar-refractivity contribution in [2.75, 3.05) is 10.6 Å². The van der Waals surface area contributed by atoms with E-state index >= 15 is 0 Å². The van der Waals surface area contributed by atoms with Crippen LogP contribution in [0.3, 0.4) is 0 Å². The van der Waals surface area contributed by atoms with Gasteiger partial charge in [0.05, 0.1) is 33.8 Å². The summed E-state index contributed by atoms with van der Waals surface area (Å²) in [4.78, 5) is 24.1. The number of imide groups is 1. The van der Waals surface area contributed by atoms with Gasteiger partial charge < -0.3 is 10.6 Å². The lowest BCUT2D eigenvalue weighted by Gasteiger charge is -2.16. The molecule has 0 saturated heterocycles. The van der Waals surface area contributed by atoms with E-state index in [2.05, 4.69) is 22.0 Å². The molecule has 1 aliphatic heterocycles. The first-order valence-electron chi connectivity index (χ1n) is 8.27. The van der Waals surface area contributed by atoms with Crippen molar-refractivity contribution in [2.24, 2.45) is 0 Å². The molecule has 3 aromatic rings. The van der Waals surface area contributed by atoms with Gasteiger partial charge in [-0.25, -0.2) is 0 Å². The quantitative estimate of drug-likeness (QED) is 0.617. The first-order chi connectivity index (χ1) is 13.2. The lowest BCUT2D eigenvalue weighted by molar-refractivity contribution is 0.0879. The Morgan fingerprint density at radius 1 is 0.741 bits per heavy atom. The van der Waals surface area contributed by atoms with Gasteiger partial charge in [-0.1, -0.05) is 30.3 Å². The number of hydrogen-bond acceptors (Lipinski definition) is 5. The molecule has 0 bridgehead atoms. The minimum atomic E-state index is -0.433. The third-order valence-corrected chi connectivity index (χ3v) is 4.24. The van der Waals surface area contributed by atoms with Crippen molar-refractivity contribution < 1.29 is 9.59 Å². The molecule has 0 radical (unpaired) electrons. The maximum atomic E-state index is 12.0. The number of benzene rings is 3. The highest BCUT2D eigenvalue weighted by Crippen LogP contribution is 2.34. The van der Waals surface area contributed by atoms with Crippen LogP contribution in [0.4, 0.5) is 22.7 Å². The number of rotatable bonds is 4. The molecule has 0 unspecified atom stereocenters. The average Bonchev–Trinajstić information content (AvgIpc) is 2.96. The maximum absolute atomic E-state index is 12.0. The van der Waals surface area contributed by atoms with E-state index in [-0.39, 0.29) is 0 Å². The number of nitrogens with zero attached hydrogens (tertiary/aromatic N) is 1. The molecule has 130 valence electrons. The number of nitrogens with one attached hydrogen (secondary N) is 3.